The van der Waals surface area contributed by atoms with Gasteiger partial charge in [0.05, 0.1) is 16.4 Å². The van der Waals surface area contributed by atoms with E-state index in [0.29, 0.717) is 6.04 Å². The van der Waals surface area contributed by atoms with E-state index < -0.39 is 0 Å². The van der Waals surface area contributed by atoms with Gasteiger partial charge in [0.25, 0.3) is 0 Å². The summed E-state index contributed by atoms with van der Waals surface area (Å²) in [6.07, 6.45) is 3.75. The molecule has 1 aromatic rings. The van der Waals surface area contributed by atoms with Crippen molar-refractivity contribution in [1.82, 2.24) is 20.0 Å². The van der Waals surface area contributed by atoms with E-state index in [1.165, 1.54) is 18.5 Å². The first kappa shape index (κ1) is 11.5. The van der Waals surface area contributed by atoms with Crippen molar-refractivity contribution in [3.05, 3.63) is 16.4 Å². The van der Waals surface area contributed by atoms with Crippen LogP contribution < -0.4 is 5.32 Å². The minimum atomic E-state index is 0.704. The van der Waals surface area contributed by atoms with Gasteiger partial charge in [0, 0.05) is 32.2 Å². The van der Waals surface area contributed by atoms with Gasteiger partial charge in [0.2, 0.25) is 0 Å². The summed E-state index contributed by atoms with van der Waals surface area (Å²) in [5, 5.41) is 8.98. The van der Waals surface area contributed by atoms with Crippen LogP contribution in [0.2, 0.25) is 5.02 Å². The van der Waals surface area contributed by atoms with Gasteiger partial charge in [-0.25, -0.2) is 0 Å². The standard InChI is InChI=1S/C12H19ClN4/c1-16-5-2-6-17-11(8-16)12(13)10(15-17)7-14-9-3-4-9/h9,14H,2-8H2,1H3. The van der Waals surface area contributed by atoms with Crippen LogP contribution in [0.1, 0.15) is 30.7 Å². The molecule has 1 aliphatic heterocycles. The molecule has 1 aliphatic carbocycles. The molecule has 2 aliphatic rings. The summed E-state index contributed by atoms with van der Waals surface area (Å²) in [5.41, 5.74) is 2.20. The molecular formula is C12H19ClN4. The number of halogens is 1. The molecular weight excluding hydrogens is 236 g/mol. The number of rotatable bonds is 3. The van der Waals surface area contributed by atoms with Crippen molar-refractivity contribution >= 4 is 11.6 Å². The Kier molecular flexibility index (Phi) is 3.11. The van der Waals surface area contributed by atoms with Crippen molar-refractivity contribution in [2.45, 2.75) is 44.9 Å². The highest BCUT2D eigenvalue weighted by Gasteiger charge is 2.23. The summed E-state index contributed by atoms with van der Waals surface area (Å²) in [6.45, 7) is 3.83. The van der Waals surface area contributed by atoms with E-state index in [1.54, 1.807) is 0 Å². The predicted octanol–water partition coefficient (Wildman–Crippen LogP) is 1.62. The molecule has 2 heterocycles. The van der Waals surface area contributed by atoms with E-state index in [1.807, 2.05) is 0 Å². The third-order valence-electron chi connectivity index (χ3n) is 3.52. The molecule has 0 spiro atoms. The summed E-state index contributed by atoms with van der Waals surface area (Å²) in [5.74, 6) is 0. The molecule has 0 amide bonds. The van der Waals surface area contributed by atoms with Crippen LogP contribution in [0.5, 0.6) is 0 Å². The lowest BCUT2D eigenvalue weighted by molar-refractivity contribution is 0.332. The zero-order valence-corrected chi connectivity index (χ0v) is 11.0. The number of fused-ring (bicyclic) bond motifs is 1. The third-order valence-corrected chi connectivity index (χ3v) is 3.96. The fourth-order valence-electron chi connectivity index (χ4n) is 2.33. The molecule has 1 aromatic heterocycles. The Hall–Kier alpha value is -0.580. The topological polar surface area (TPSA) is 33.1 Å². The maximum Gasteiger partial charge on any atom is 0.0952 e. The first-order valence-electron chi connectivity index (χ1n) is 6.40. The van der Waals surface area contributed by atoms with Crippen molar-refractivity contribution in [3.8, 4) is 0 Å². The monoisotopic (exact) mass is 254 g/mol. The fraction of sp³-hybridized carbons (Fsp3) is 0.750. The molecule has 0 atom stereocenters. The van der Waals surface area contributed by atoms with Gasteiger partial charge in [-0.2, -0.15) is 5.10 Å². The Bertz CT molecular complexity index is 411. The molecule has 0 aromatic carbocycles. The number of nitrogens with zero attached hydrogens (tertiary/aromatic N) is 3. The fourth-order valence-corrected chi connectivity index (χ4v) is 2.59. The van der Waals surface area contributed by atoms with Crippen LogP contribution in [0.25, 0.3) is 0 Å². The van der Waals surface area contributed by atoms with E-state index in [-0.39, 0.29) is 0 Å². The van der Waals surface area contributed by atoms with E-state index in [2.05, 4.69) is 27.0 Å². The van der Waals surface area contributed by atoms with Gasteiger partial charge in [-0.1, -0.05) is 11.6 Å². The molecule has 1 fully saturated rings. The zero-order chi connectivity index (χ0) is 11.8. The molecule has 94 valence electrons. The molecule has 17 heavy (non-hydrogen) atoms. The van der Waals surface area contributed by atoms with Crippen molar-refractivity contribution in [3.63, 3.8) is 0 Å². The molecule has 0 unspecified atom stereocenters. The van der Waals surface area contributed by atoms with Crippen LogP contribution in [0.4, 0.5) is 0 Å². The van der Waals surface area contributed by atoms with E-state index >= 15 is 0 Å². The summed E-state index contributed by atoms with van der Waals surface area (Å²) in [7, 11) is 2.14. The smallest absolute Gasteiger partial charge is 0.0952 e. The van der Waals surface area contributed by atoms with Gasteiger partial charge in [0.15, 0.2) is 0 Å². The molecule has 0 saturated heterocycles. The van der Waals surface area contributed by atoms with Gasteiger partial charge in [-0.3, -0.25) is 4.68 Å². The minimum Gasteiger partial charge on any atom is -0.308 e. The van der Waals surface area contributed by atoms with E-state index in [9.17, 15) is 0 Å². The summed E-state index contributed by atoms with van der Waals surface area (Å²) in [6, 6.07) is 0.704. The number of aromatic nitrogens is 2. The molecule has 0 bridgehead atoms. The summed E-state index contributed by atoms with van der Waals surface area (Å²) >= 11 is 6.43. The van der Waals surface area contributed by atoms with Crippen molar-refractivity contribution < 1.29 is 0 Å². The van der Waals surface area contributed by atoms with Gasteiger partial charge < -0.3 is 10.2 Å². The first-order chi connectivity index (χ1) is 8.24. The maximum absolute atomic E-state index is 6.43. The number of aryl methyl sites for hydroxylation is 1. The minimum absolute atomic E-state index is 0.704. The zero-order valence-electron chi connectivity index (χ0n) is 10.2. The SMILES string of the molecule is CN1CCCn2nc(CNC3CC3)c(Cl)c2C1. The number of hydrogen-bond acceptors (Lipinski definition) is 3. The first-order valence-corrected chi connectivity index (χ1v) is 6.78. The van der Waals surface area contributed by atoms with Crippen molar-refractivity contribution in [2.24, 2.45) is 0 Å². The molecule has 3 rings (SSSR count). The Morgan fingerprint density at radius 3 is 3.00 bits per heavy atom. The van der Waals surface area contributed by atoms with Crippen LogP contribution in [0.15, 0.2) is 0 Å². The van der Waals surface area contributed by atoms with Crippen LogP contribution in [-0.2, 0) is 19.6 Å². The quantitative estimate of drug-likeness (QED) is 0.890. The lowest BCUT2D eigenvalue weighted by atomic mass is 10.3. The second-order valence-corrected chi connectivity index (χ2v) is 5.55. The Labute approximate surface area is 107 Å². The van der Waals surface area contributed by atoms with Crippen LogP contribution in [0.3, 0.4) is 0 Å². The Morgan fingerprint density at radius 1 is 1.41 bits per heavy atom. The highest BCUT2D eigenvalue weighted by Crippen LogP contribution is 2.26. The number of hydrogen-bond donors (Lipinski definition) is 1. The third kappa shape index (κ3) is 2.49. The van der Waals surface area contributed by atoms with E-state index in [4.69, 9.17) is 11.6 Å². The average molecular weight is 255 g/mol. The van der Waals surface area contributed by atoms with Crippen molar-refractivity contribution in [1.29, 1.82) is 0 Å². The van der Waals surface area contributed by atoms with Gasteiger partial charge in [-0.15, -0.1) is 0 Å². The Morgan fingerprint density at radius 2 is 2.24 bits per heavy atom. The van der Waals surface area contributed by atoms with Crippen LogP contribution in [0, 0.1) is 0 Å². The highest BCUT2D eigenvalue weighted by atomic mass is 35.5. The highest BCUT2D eigenvalue weighted by molar-refractivity contribution is 6.31. The molecule has 4 nitrogen and oxygen atoms in total. The molecule has 5 heteroatoms. The van der Waals surface area contributed by atoms with Gasteiger partial charge in [-0.05, 0) is 26.3 Å². The normalized spacial score (nSPS) is 21.3. The lowest BCUT2D eigenvalue weighted by Crippen LogP contribution is -2.18. The van der Waals surface area contributed by atoms with Gasteiger partial charge >= 0.3 is 0 Å². The molecule has 0 radical (unpaired) electrons. The summed E-state index contributed by atoms with van der Waals surface area (Å²) in [4.78, 5) is 2.31. The van der Waals surface area contributed by atoms with E-state index in [0.717, 1.165) is 43.3 Å². The lowest BCUT2D eigenvalue weighted by Gasteiger charge is -2.11. The Balaban J connectivity index is 1.78. The maximum atomic E-state index is 6.43. The molecule has 1 saturated carbocycles. The largest absolute Gasteiger partial charge is 0.308 e. The van der Waals surface area contributed by atoms with Crippen molar-refractivity contribution in [2.75, 3.05) is 13.6 Å². The molecule has 1 N–H and O–H groups in total. The average Bonchev–Trinajstić information content (AvgIpc) is 3.09. The van der Waals surface area contributed by atoms with Crippen LogP contribution in [-0.4, -0.2) is 34.3 Å². The second-order valence-electron chi connectivity index (χ2n) is 5.18. The second kappa shape index (κ2) is 4.59. The van der Waals surface area contributed by atoms with Gasteiger partial charge in [0.1, 0.15) is 0 Å². The predicted molar refractivity (Wildman–Crippen MR) is 68.0 cm³/mol. The summed E-state index contributed by atoms with van der Waals surface area (Å²) < 4.78 is 2.09. The van der Waals surface area contributed by atoms with Crippen LogP contribution >= 0.6 is 11.6 Å². The number of nitrogens with one attached hydrogen (secondary N) is 1.